The van der Waals surface area contributed by atoms with Crippen LogP contribution < -0.4 is 5.32 Å². The quantitative estimate of drug-likeness (QED) is 0.673. The molecule has 0 aromatic heterocycles. The summed E-state index contributed by atoms with van der Waals surface area (Å²) in [5, 5.41) is 3.35. The van der Waals surface area contributed by atoms with Gasteiger partial charge in [0.15, 0.2) is 9.84 Å². The molecule has 0 spiro atoms. The summed E-state index contributed by atoms with van der Waals surface area (Å²) >= 11 is 7.34. The molecule has 2 aromatic rings. The molecular weight excluding hydrogens is 392 g/mol. The van der Waals surface area contributed by atoms with Gasteiger partial charge in [0.2, 0.25) is 5.91 Å². The van der Waals surface area contributed by atoms with Gasteiger partial charge in [-0.2, -0.15) is 0 Å². The normalized spacial score (nSPS) is 11.5. The molecule has 0 radical (unpaired) electrons. The summed E-state index contributed by atoms with van der Waals surface area (Å²) in [6.45, 7) is 0.363. The van der Waals surface area contributed by atoms with Gasteiger partial charge in [-0.3, -0.25) is 9.69 Å². The summed E-state index contributed by atoms with van der Waals surface area (Å²) in [6, 6.07) is 13.6. The van der Waals surface area contributed by atoms with Crippen LogP contribution in [0.15, 0.2) is 58.3 Å². The summed E-state index contributed by atoms with van der Waals surface area (Å²) in [4.78, 5) is 15.1. The number of anilines is 1. The molecule has 0 fully saturated rings. The SMILES string of the molecule is CSc1ccccc1NC(=O)CN(C)CCS(=O)(=O)c1ccc(Cl)cc1. The lowest BCUT2D eigenvalue weighted by atomic mass is 10.3. The number of rotatable bonds is 8. The maximum Gasteiger partial charge on any atom is 0.238 e. The number of para-hydroxylation sites is 1. The predicted octanol–water partition coefficient (Wildman–Crippen LogP) is 3.41. The van der Waals surface area contributed by atoms with E-state index in [1.807, 2.05) is 30.5 Å². The zero-order chi connectivity index (χ0) is 19.2. The number of carbonyl (C=O) groups is 1. The second-order valence-corrected chi connectivity index (χ2v) is 9.15. The minimum absolute atomic E-state index is 0.0696. The van der Waals surface area contributed by atoms with Crippen molar-refractivity contribution in [1.29, 1.82) is 0 Å². The number of amides is 1. The Balaban J connectivity index is 1.89. The topological polar surface area (TPSA) is 66.5 Å². The average Bonchev–Trinajstić information content (AvgIpc) is 2.61. The monoisotopic (exact) mass is 412 g/mol. The van der Waals surface area contributed by atoms with Crippen LogP contribution in [0.5, 0.6) is 0 Å². The summed E-state index contributed by atoms with van der Waals surface area (Å²) in [6.07, 6.45) is 1.94. The summed E-state index contributed by atoms with van der Waals surface area (Å²) in [5.41, 5.74) is 0.757. The minimum atomic E-state index is -3.41. The van der Waals surface area contributed by atoms with Crippen LogP contribution in [-0.2, 0) is 14.6 Å². The van der Waals surface area contributed by atoms with Crippen molar-refractivity contribution in [1.82, 2.24) is 4.90 Å². The van der Waals surface area contributed by atoms with Gasteiger partial charge in [-0.05, 0) is 49.7 Å². The first-order valence-electron chi connectivity index (χ1n) is 7.91. The number of nitrogens with one attached hydrogen (secondary N) is 1. The lowest BCUT2D eigenvalue weighted by molar-refractivity contribution is -0.117. The smallest absolute Gasteiger partial charge is 0.238 e. The van der Waals surface area contributed by atoms with Crippen molar-refractivity contribution in [2.45, 2.75) is 9.79 Å². The highest BCUT2D eigenvalue weighted by Crippen LogP contribution is 2.24. The van der Waals surface area contributed by atoms with Crippen LogP contribution in [-0.4, -0.2) is 51.4 Å². The highest BCUT2D eigenvalue weighted by molar-refractivity contribution is 7.98. The first kappa shape index (κ1) is 20.8. The van der Waals surface area contributed by atoms with Gasteiger partial charge < -0.3 is 5.32 Å². The molecule has 1 amide bonds. The Morgan fingerprint density at radius 1 is 1.15 bits per heavy atom. The fourth-order valence-electron chi connectivity index (χ4n) is 2.30. The third kappa shape index (κ3) is 6.02. The third-order valence-electron chi connectivity index (χ3n) is 3.71. The van der Waals surface area contributed by atoms with Crippen molar-refractivity contribution in [3.8, 4) is 0 Å². The molecule has 1 N–H and O–H groups in total. The van der Waals surface area contributed by atoms with Gasteiger partial charge in [0.1, 0.15) is 0 Å². The van der Waals surface area contributed by atoms with E-state index < -0.39 is 9.84 Å². The maximum atomic E-state index is 12.3. The fraction of sp³-hybridized carbons (Fsp3) is 0.278. The Hall–Kier alpha value is -1.54. The standard InChI is InChI=1S/C18H21ClN2O3S2/c1-21(11-12-26(23,24)15-9-7-14(19)8-10-15)13-18(22)20-16-5-3-4-6-17(16)25-2/h3-10H,11-13H2,1-2H3,(H,20,22). The maximum absolute atomic E-state index is 12.3. The number of thioether (sulfide) groups is 1. The van der Waals surface area contributed by atoms with E-state index in [0.29, 0.717) is 5.02 Å². The number of benzene rings is 2. The molecule has 140 valence electrons. The van der Waals surface area contributed by atoms with E-state index in [1.54, 1.807) is 35.8 Å². The molecule has 0 aliphatic carbocycles. The number of halogens is 1. The van der Waals surface area contributed by atoms with Gasteiger partial charge in [0, 0.05) is 16.5 Å². The van der Waals surface area contributed by atoms with Crippen molar-refractivity contribution in [3.63, 3.8) is 0 Å². The van der Waals surface area contributed by atoms with Gasteiger partial charge in [-0.1, -0.05) is 23.7 Å². The van der Waals surface area contributed by atoms with E-state index in [1.165, 1.54) is 12.1 Å². The number of sulfone groups is 1. The van der Waals surface area contributed by atoms with Crippen molar-refractivity contribution in [2.75, 3.05) is 37.5 Å². The molecule has 0 aliphatic heterocycles. The number of likely N-dealkylation sites (N-methyl/N-ethyl adjacent to an activating group) is 1. The van der Waals surface area contributed by atoms with Crippen LogP contribution in [0.25, 0.3) is 0 Å². The molecule has 0 heterocycles. The zero-order valence-electron chi connectivity index (χ0n) is 14.6. The van der Waals surface area contributed by atoms with Crippen LogP contribution in [0.4, 0.5) is 5.69 Å². The Kier molecular flexibility index (Phi) is 7.52. The number of hydrogen-bond donors (Lipinski definition) is 1. The van der Waals surface area contributed by atoms with Gasteiger partial charge in [-0.25, -0.2) is 8.42 Å². The lowest BCUT2D eigenvalue weighted by Gasteiger charge is -2.17. The Labute approximate surface area is 163 Å². The van der Waals surface area contributed by atoms with Crippen LogP contribution in [0.2, 0.25) is 5.02 Å². The predicted molar refractivity (Wildman–Crippen MR) is 108 cm³/mol. The van der Waals surface area contributed by atoms with E-state index in [9.17, 15) is 13.2 Å². The van der Waals surface area contributed by atoms with Crippen molar-refractivity contribution in [2.24, 2.45) is 0 Å². The molecule has 0 atom stereocenters. The highest BCUT2D eigenvalue weighted by Gasteiger charge is 2.16. The van der Waals surface area contributed by atoms with E-state index in [4.69, 9.17) is 11.6 Å². The number of hydrogen-bond acceptors (Lipinski definition) is 5. The van der Waals surface area contributed by atoms with Gasteiger partial charge in [0.05, 0.1) is 22.9 Å². The van der Waals surface area contributed by atoms with Crippen molar-refractivity contribution in [3.05, 3.63) is 53.6 Å². The lowest BCUT2D eigenvalue weighted by Crippen LogP contribution is -2.33. The van der Waals surface area contributed by atoms with Crippen LogP contribution in [0.3, 0.4) is 0 Å². The summed E-state index contributed by atoms with van der Waals surface area (Å²) in [7, 11) is -1.69. The molecule has 2 aromatic carbocycles. The second kappa shape index (κ2) is 9.41. The molecule has 5 nitrogen and oxygen atoms in total. The fourth-order valence-corrected chi connectivity index (χ4v) is 4.32. The average molecular weight is 413 g/mol. The number of nitrogens with zero attached hydrogens (tertiary/aromatic N) is 1. The Bertz CT molecular complexity index is 855. The van der Waals surface area contributed by atoms with Gasteiger partial charge >= 0.3 is 0 Å². The largest absolute Gasteiger partial charge is 0.324 e. The van der Waals surface area contributed by atoms with E-state index >= 15 is 0 Å². The van der Waals surface area contributed by atoms with E-state index in [0.717, 1.165) is 10.6 Å². The van der Waals surface area contributed by atoms with Crippen molar-refractivity contribution >= 4 is 44.8 Å². The molecule has 2 rings (SSSR count). The molecular formula is C18H21ClN2O3S2. The first-order valence-corrected chi connectivity index (χ1v) is 11.2. The number of carbonyl (C=O) groups excluding carboxylic acids is 1. The van der Waals surface area contributed by atoms with Gasteiger partial charge in [-0.15, -0.1) is 11.8 Å². The van der Waals surface area contributed by atoms with Crippen LogP contribution in [0, 0.1) is 0 Å². The van der Waals surface area contributed by atoms with Crippen molar-refractivity contribution < 1.29 is 13.2 Å². The van der Waals surface area contributed by atoms with E-state index in [-0.39, 0.29) is 29.6 Å². The van der Waals surface area contributed by atoms with Crippen LogP contribution >= 0.6 is 23.4 Å². The molecule has 0 bridgehead atoms. The summed E-state index contributed by atoms with van der Waals surface area (Å²) < 4.78 is 24.7. The molecule has 26 heavy (non-hydrogen) atoms. The molecule has 0 saturated heterocycles. The van der Waals surface area contributed by atoms with Crippen LogP contribution in [0.1, 0.15) is 0 Å². The Morgan fingerprint density at radius 3 is 2.46 bits per heavy atom. The summed E-state index contributed by atoms with van der Waals surface area (Å²) in [5.74, 6) is -0.252. The highest BCUT2D eigenvalue weighted by atomic mass is 35.5. The zero-order valence-corrected chi connectivity index (χ0v) is 17.0. The molecule has 8 heteroatoms. The van der Waals surface area contributed by atoms with E-state index in [2.05, 4.69) is 5.32 Å². The molecule has 0 unspecified atom stereocenters. The minimum Gasteiger partial charge on any atom is -0.324 e. The Morgan fingerprint density at radius 2 is 1.81 bits per heavy atom. The third-order valence-corrected chi connectivity index (χ3v) is 6.47. The van der Waals surface area contributed by atoms with Gasteiger partial charge in [0.25, 0.3) is 0 Å². The molecule has 0 saturated carbocycles. The second-order valence-electron chi connectivity index (χ2n) is 5.76. The first-order chi connectivity index (χ1) is 12.3. The molecule has 0 aliphatic rings.